The molecule has 1 aliphatic heterocycles. The van der Waals surface area contributed by atoms with Crippen molar-refractivity contribution in [1.82, 2.24) is 19.7 Å². The molecule has 90 valence electrons. The number of imidazole rings is 1. The maximum Gasteiger partial charge on any atom is 0.113 e. The predicted octanol–water partition coefficient (Wildman–Crippen LogP) is 1.58. The molecule has 17 heavy (non-hydrogen) atoms. The highest BCUT2D eigenvalue weighted by Gasteiger charge is 2.17. The van der Waals surface area contributed by atoms with Crippen LogP contribution < -0.4 is 5.32 Å². The lowest BCUT2D eigenvalue weighted by Gasteiger charge is -2.21. The van der Waals surface area contributed by atoms with Crippen LogP contribution in [0.15, 0.2) is 18.6 Å². The Hall–Kier alpha value is -1.42. The van der Waals surface area contributed by atoms with E-state index in [2.05, 4.69) is 26.6 Å². The number of piperidine rings is 1. The summed E-state index contributed by atoms with van der Waals surface area (Å²) in [5, 5.41) is 3.46. The van der Waals surface area contributed by atoms with Crippen molar-refractivity contribution in [3.8, 4) is 0 Å². The number of hydrogen-bond acceptors (Lipinski definition) is 3. The quantitative estimate of drug-likeness (QED) is 0.851. The summed E-state index contributed by atoms with van der Waals surface area (Å²) in [7, 11) is 0. The Morgan fingerprint density at radius 2 is 2.47 bits per heavy atom. The summed E-state index contributed by atoms with van der Waals surface area (Å²) in [6.07, 6.45) is 9.40. The highest BCUT2D eigenvalue weighted by Crippen LogP contribution is 2.18. The van der Waals surface area contributed by atoms with Gasteiger partial charge in [-0.05, 0) is 38.8 Å². The molecule has 0 aliphatic carbocycles. The van der Waals surface area contributed by atoms with Crippen molar-refractivity contribution in [1.29, 1.82) is 0 Å². The summed E-state index contributed by atoms with van der Waals surface area (Å²) < 4.78 is 2.18. The standard InChI is InChI=1S/C13H18N4/c1-10-12-9-15-5-6-17(12)13(16-10)7-11-3-2-4-14-8-11/h5-6,9,11,14H,2-4,7-8H2,1H3. The van der Waals surface area contributed by atoms with Crippen molar-refractivity contribution in [2.45, 2.75) is 26.2 Å². The van der Waals surface area contributed by atoms with Crippen LogP contribution in [0.4, 0.5) is 0 Å². The molecule has 1 N–H and O–H groups in total. The van der Waals surface area contributed by atoms with Gasteiger partial charge in [-0.3, -0.25) is 4.98 Å². The fourth-order valence-corrected chi connectivity index (χ4v) is 2.66. The number of nitrogens with one attached hydrogen (secondary N) is 1. The molecule has 1 aliphatic rings. The molecule has 0 aromatic carbocycles. The van der Waals surface area contributed by atoms with Crippen LogP contribution in [-0.2, 0) is 6.42 Å². The van der Waals surface area contributed by atoms with Gasteiger partial charge in [-0.1, -0.05) is 0 Å². The third-order valence-electron chi connectivity index (χ3n) is 3.57. The average Bonchev–Trinajstić information content (AvgIpc) is 2.69. The van der Waals surface area contributed by atoms with E-state index in [-0.39, 0.29) is 0 Å². The number of hydrogen-bond donors (Lipinski definition) is 1. The zero-order valence-corrected chi connectivity index (χ0v) is 10.2. The topological polar surface area (TPSA) is 42.2 Å². The van der Waals surface area contributed by atoms with Gasteiger partial charge < -0.3 is 9.72 Å². The molecule has 3 heterocycles. The maximum atomic E-state index is 4.68. The fraction of sp³-hybridized carbons (Fsp3) is 0.538. The summed E-state index contributed by atoms with van der Waals surface area (Å²) in [5.41, 5.74) is 2.21. The van der Waals surface area contributed by atoms with E-state index in [1.807, 2.05) is 18.6 Å². The lowest BCUT2D eigenvalue weighted by atomic mass is 9.96. The van der Waals surface area contributed by atoms with Crippen molar-refractivity contribution in [3.63, 3.8) is 0 Å². The van der Waals surface area contributed by atoms with Gasteiger partial charge in [0.2, 0.25) is 0 Å². The second-order valence-corrected chi connectivity index (χ2v) is 4.86. The second-order valence-electron chi connectivity index (χ2n) is 4.86. The average molecular weight is 230 g/mol. The third-order valence-corrected chi connectivity index (χ3v) is 3.57. The lowest BCUT2D eigenvalue weighted by molar-refractivity contribution is 0.370. The molecule has 2 aromatic rings. The summed E-state index contributed by atoms with van der Waals surface area (Å²) >= 11 is 0. The molecule has 0 saturated carbocycles. The van der Waals surface area contributed by atoms with E-state index in [9.17, 15) is 0 Å². The second kappa shape index (κ2) is 4.45. The number of rotatable bonds is 2. The maximum absolute atomic E-state index is 4.68. The first-order chi connectivity index (χ1) is 8.34. The SMILES string of the molecule is Cc1nc(CC2CCCNC2)n2ccncc12. The zero-order chi connectivity index (χ0) is 11.7. The van der Waals surface area contributed by atoms with E-state index in [4.69, 9.17) is 0 Å². The molecule has 0 amide bonds. The Morgan fingerprint density at radius 1 is 1.53 bits per heavy atom. The van der Waals surface area contributed by atoms with Crippen molar-refractivity contribution >= 4 is 5.52 Å². The van der Waals surface area contributed by atoms with Crippen LogP contribution in [0.2, 0.25) is 0 Å². The first-order valence-electron chi connectivity index (χ1n) is 6.33. The van der Waals surface area contributed by atoms with Gasteiger partial charge in [0.05, 0.1) is 17.4 Å². The van der Waals surface area contributed by atoms with Gasteiger partial charge in [-0.2, -0.15) is 0 Å². The van der Waals surface area contributed by atoms with E-state index in [1.165, 1.54) is 25.2 Å². The van der Waals surface area contributed by atoms with Gasteiger partial charge >= 0.3 is 0 Å². The zero-order valence-electron chi connectivity index (χ0n) is 10.2. The molecule has 1 saturated heterocycles. The molecule has 4 nitrogen and oxygen atoms in total. The molecule has 1 fully saturated rings. The molecule has 0 radical (unpaired) electrons. The summed E-state index contributed by atoms with van der Waals surface area (Å²) in [5.74, 6) is 1.90. The molecule has 4 heteroatoms. The molecule has 3 rings (SSSR count). The van der Waals surface area contributed by atoms with Crippen LogP contribution in [0.25, 0.3) is 5.52 Å². The molecule has 0 spiro atoms. The molecule has 2 aromatic heterocycles. The molecule has 1 unspecified atom stereocenters. The van der Waals surface area contributed by atoms with E-state index in [1.54, 1.807) is 0 Å². The predicted molar refractivity (Wildman–Crippen MR) is 67.0 cm³/mol. The van der Waals surface area contributed by atoms with Gasteiger partial charge in [0.1, 0.15) is 5.82 Å². The summed E-state index contributed by atoms with van der Waals surface area (Å²) in [4.78, 5) is 8.84. The van der Waals surface area contributed by atoms with E-state index in [0.29, 0.717) is 0 Å². The van der Waals surface area contributed by atoms with Crippen LogP contribution in [-0.4, -0.2) is 27.5 Å². The minimum absolute atomic E-state index is 0.724. The van der Waals surface area contributed by atoms with Gasteiger partial charge in [-0.25, -0.2) is 4.98 Å². The number of nitrogens with zero attached hydrogens (tertiary/aromatic N) is 3. The van der Waals surface area contributed by atoms with Gasteiger partial charge in [0.25, 0.3) is 0 Å². The van der Waals surface area contributed by atoms with Gasteiger partial charge in [-0.15, -0.1) is 0 Å². The Morgan fingerprint density at radius 3 is 3.29 bits per heavy atom. The minimum atomic E-state index is 0.724. The number of fused-ring (bicyclic) bond motifs is 1. The Labute approximate surface area is 101 Å². The molecule has 1 atom stereocenters. The Balaban J connectivity index is 1.89. The van der Waals surface area contributed by atoms with Crippen molar-refractivity contribution in [2.24, 2.45) is 5.92 Å². The number of aryl methyl sites for hydroxylation is 1. The fourth-order valence-electron chi connectivity index (χ4n) is 2.66. The normalized spacial score (nSPS) is 20.9. The monoisotopic (exact) mass is 230 g/mol. The van der Waals surface area contributed by atoms with E-state index >= 15 is 0 Å². The highest BCUT2D eigenvalue weighted by atomic mass is 15.0. The summed E-state index contributed by atoms with van der Waals surface area (Å²) in [6, 6.07) is 0. The first-order valence-corrected chi connectivity index (χ1v) is 6.33. The van der Waals surface area contributed by atoms with Crippen molar-refractivity contribution in [3.05, 3.63) is 30.1 Å². The number of aromatic nitrogens is 3. The van der Waals surface area contributed by atoms with Gasteiger partial charge in [0, 0.05) is 18.8 Å². The lowest BCUT2D eigenvalue weighted by Crippen LogP contribution is -2.31. The van der Waals surface area contributed by atoms with E-state index < -0.39 is 0 Å². The highest BCUT2D eigenvalue weighted by molar-refractivity contribution is 5.50. The van der Waals surface area contributed by atoms with Crippen LogP contribution in [0.5, 0.6) is 0 Å². The first kappa shape index (κ1) is 10.7. The van der Waals surface area contributed by atoms with Crippen molar-refractivity contribution < 1.29 is 0 Å². The Kier molecular flexibility index (Phi) is 2.81. The van der Waals surface area contributed by atoms with Crippen LogP contribution >= 0.6 is 0 Å². The molecule has 0 bridgehead atoms. The third kappa shape index (κ3) is 2.05. The van der Waals surface area contributed by atoms with Crippen LogP contribution in [0, 0.1) is 12.8 Å². The van der Waals surface area contributed by atoms with E-state index in [0.717, 1.165) is 30.1 Å². The Bertz CT molecular complexity index is 511. The van der Waals surface area contributed by atoms with Gasteiger partial charge in [0.15, 0.2) is 0 Å². The van der Waals surface area contributed by atoms with Crippen LogP contribution in [0.3, 0.4) is 0 Å². The van der Waals surface area contributed by atoms with Crippen molar-refractivity contribution in [2.75, 3.05) is 13.1 Å². The smallest absolute Gasteiger partial charge is 0.113 e. The van der Waals surface area contributed by atoms with Crippen LogP contribution in [0.1, 0.15) is 24.4 Å². The molecular weight excluding hydrogens is 212 g/mol. The molecular formula is C13H18N4. The largest absolute Gasteiger partial charge is 0.316 e. The minimum Gasteiger partial charge on any atom is -0.316 e. The summed E-state index contributed by atoms with van der Waals surface area (Å²) in [6.45, 7) is 4.35.